The fraction of sp³-hybridized carbons (Fsp3) is 0.250. The second kappa shape index (κ2) is 5.47. The summed E-state index contributed by atoms with van der Waals surface area (Å²) in [5, 5.41) is 2.82. The van der Waals surface area contributed by atoms with E-state index in [1.807, 2.05) is 5.38 Å². The largest absolute Gasteiger partial charge is 0.496 e. The van der Waals surface area contributed by atoms with Gasteiger partial charge in [-0.15, -0.1) is 22.9 Å². The van der Waals surface area contributed by atoms with Crippen LogP contribution in [0.4, 0.5) is 4.39 Å². The van der Waals surface area contributed by atoms with Gasteiger partial charge in [0, 0.05) is 17.4 Å². The molecule has 0 aliphatic heterocycles. The van der Waals surface area contributed by atoms with Gasteiger partial charge in [0.15, 0.2) is 0 Å². The second-order valence-corrected chi connectivity index (χ2v) is 4.71. The number of halogens is 2. The van der Waals surface area contributed by atoms with Crippen molar-refractivity contribution in [2.24, 2.45) is 0 Å². The standard InChI is InChI=1S/C12H11ClFNOS/c1-16-11-3-2-9(14)4-8(11)5-12-15-10(6-13)7-17-12/h2-4,7H,5-6H2,1H3. The van der Waals surface area contributed by atoms with Gasteiger partial charge in [-0.05, 0) is 18.2 Å². The molecule has 90 valence electrons. The molecule has 2 rings (SSSR count). The zero-order valence-corrected chi connectivity index (χ0v) is 10.8. The third-order valence-electron chi connectivity index (χ3n) is 2.32. The maximum atomic E-state index is 13.2. The molecule has 0 saturated carbocycles. The minimum Gasteiger partial charge on any atom is -0.496 e. The first-order chi connectivity index (χ1) is 8.22. The molecule has 0 amide bonds. The van der Waals surface area contributed by atoms with E-state index >= 15 is 0 Å². The third-order valence-corrected chi connectivity index (χ3v) is 3.49. The maximum Gasteiger partial charge on any atom is 0.123 e. The van der Waals surface area contributed by atoms with Gasteiger partial charge >= 0.3 is 0 Å². The fourth-order valence-corrected chi connectivity index (χ4v) is 2.59. The normalized spacial score (nSPS) is 10.5. The number of rotatable bonds is 4. The highest BCUT2D eigenvalue weighted by Gasteiger charge is 2.08. The van der Waals surface area contributed by atoms with Crippen LogP contribution in [0, 0.1) is 5.82 Å². The van der Waals surface area contributed by atoms with Crippen LogP contribution in [0.1, 0.15) is 16.3 Å². The summed E-state index contributed by atoms with van der Waals surface area (Å²) in [6, 6.07) is 4.48. The number of benzene rings is 1. The number of alkyl halides is 1. The summed E-state index contributed by atoms with van der Waals surface area (Å²) in [7, 11) is 1.57. The van der Waals surface area contributed by atoms with E-state index in [4.69, 9.17) is 16.3 Å². The van der Waals surface area contributed by atoms with E-state index in [9.17, 15) is 4.39 Å². The number of hydrogen-bond donors (Lipinski definition) is 0. The molecule has 0 unspecified atom stereocenters. The molecule has 1 aromatic heterocycles. The van der Waals surface area contributed by atoms with Crippen molar-refractivity contribution in [1.82, 2.24) is 4.98 Å². The highest BCUT2D eigenvalue weighted by Crippen LogP contribution is 2.24. The zero-order chi connectivity index (χ0) is 12.3. The Morgan fingerprint density at radius 2 is 2.29 bits per heavy atom. The van der Waals surface area contributed by atoms with Crippen LogP contribution in [-0.2, 0) is 12.3 Å². The molecule has 0 N–H and O–H groups in total. The summed E-state index contributed by atoms with van der Waals surface area (Å²) >= 11 is 7.21. The number of methoxy groups -OCH3 is 1. The van der Waals surface area contributed by atoms with Crippen LogP contribution >= 0.6 is 22.9 Å². The van der Waals surface area contributed by atoms with E-state index in [0.717, 1.165) is 16.3 Å². The summed E-state index contributed by atoms with van der Waals surface area (Å²) < 4.78 is 18.4. The van der Waals surface area contributed by atoms with Gasteiger partial charge in [0.2, 0.25) is 0 Å². The highest BCUT2D eigenvalue weighted by atomic mass is 35.5. The predicted molar refractivity (Wildman–Crippen MR) is 67.4 cm³/mol. The zero-order valence-electron chi connectivity index (χ0n) is 9.24. The van der Waals surface area contributed by atoms with E-state index in [2.05, 4.69) is 4.98 Å². The van der Waals surface area contributed by atoms with E-state index in [0.29, 0.717) is 18.1 Å². The topological polar surface area (TPSA) is 22.1 Å². The van der Waals surface area contributed by atoms with Gasteiger partial charge in [0.25, 0.3) is 0 Å². The van der Waals surface area contributed by atoms with Gasteiger partial charge in [-0.2, -0.15) is 0 Å². The van der Waals surface area contributed by atoms with Crippen molar-refractivity contribution in [3.8, 4) is 5.75 Å². The number of aromatic nitrogens is 1. The van der Waals surface area contributed by atoms with Gasteiger partial charge < -0.3 is 4.74 Å². The molecular weight excluding hydrogens is 261 g/mol. The lowest BCUT2D eigenvalue weighted by atomic mass is 10.1. The van der Waals surface area contributed by atoms with Gasteiger partial charge in [-0.3, -0.25) is 0 Å². The van der Waals surface area contributed by atoms with Crippen molar-refractivity contribution >= 4 is 22.9 Å². The Kier molecular flexibility index (Phi) is 3.97. The van der Waals surface area contributed by atoms with Gasteiger partial charge in [-0.25, -0.2) is 9.37 Å². The first-order valence-electron chi connectivity index (χ1n) is 5.04. The summed E-state index contributed by atoms with van der Waals surface area (Å²) in [6.45, 7) is 0. The van der Waals surface area contributed by atoms with Gasteiger partial charge in [0.1, 0.15) is 11.6 Å². The third kappa shape index (κ3) is 2.96. The Labute approximate surface area is 108 Å². The molecule has 1 aromatic carbocycles. The molecule has 0 aliphatic rings. The Hall–Kier alpha value is -1.13. The van der Waals surface area contributed by atoms with Crippen LogP contribution in [0.5, 0.6) is 5.75 Å². The molecule has 1 heterocycles. The van der Waals surface area contributed by atoms with E-state index in [1.165, 1.54) is 23.5 Å². The van der Waals surface area contributed by atoms with Crippen LogP contribution < -0.4 is 4.74 Å². The average molecular weight is 272 g/mol. The molecule has 0 atom stereocenters. The van der Waals surface area contributed by atoms with Crippen molar-refractivity contribution in [2.45, 2.75) is 12.3 Å². The Morgan fingerprint density at radius 1 is 1.47 bits per heavy atom. The molecule has 0 fully saturated rings. The Bertz CT molecular complexity index is 515. The first-order valence-corrected chi connectivity index (χ1v) is 6.46. The molecule has 2 aromatic rings. The number of hydrogen-bond acceptors (Lipinski definition) is 3. The van der Waals surface area contributed by atoms with E-state index < -0.39 is 0 Å². The molecule has 0 saturated heterocycles. The van der Waals surface area contributed by atoms with Crippen molar-refractivity contribution in [2.75, 3.05) is 7.11 Å². The number of nitrogens with zero attached hydrogens (tertiary/aromatic N) is 1. The van der Waals surface area contributed by atoms with Crippen LogP contribution in [0.25, 0.3) is 0 Å². The van der Waals surface area contributed by atoms with Crippen molar-refractivity contribution in [3.63, 3.8) is 0 Å². The second-order valence-electron chi connectivity index (χ2n) is 3.50. The maximum absolute atomic E-state index is 13.2. The molecule has 2 nitrogen and oxygen atoms in total. The molecule has 0 spiro atoms. The number of thiazole rings is 1. The van der Waals surface area contributed by atoms with E-state index in [-0.39, 0.29) is 5.82 Å². The predicted octanol–water partition coefficient (Wildman–Crippen LogP) is 3.62. The van der Waals surface area contributed by atoms with Gasteiger partial charge in [-0.1, -0.05) is 0 Å². The van der Waals surface area contributed by atoms with Gasteiger partial charge in [0.05, 0.1) is 23.7 Å². The minimum atomic E-state index is -0.269. The van der Waals surface area contributed by atoms with Crippen LogP contribution in [0.3, 0.4) is 0 Å². The fourth-order valence-electron chi connectivity index (χ4n) is 1.54. The number of ether oxygens (including phenoxy) is 1. The van der Waals surface area contributed by atoms with E-state index in [1.54, 1.807) is 13.2 Å². The van der Waals surface area contributed by atoms with Crippen molar-refractivity contribution in [1.29, 1.82) is 0 Å². The van der Waals surface area contributed by atoms with Crippen molar-refractivity contribution < 1.29 is 9.13 Å². The SMILES string of the molecule is COc1ccc(F)cc1Cc1nc(CCl)cs1. The molecule has 5 heteroatoms. The minimum absolute atomic E-state index is 0.269. The monoisotopic (exact) mass is 271 g/mol. The molecular formula is C12H11ClFNOS. The molecule has 0 radical (unpaired) electrons. The average Bonchev–Trinajstić information content (AvgIpc) is 2.77. The quantitative estimate of drug-likeness (QED) is 0.793. The first kappa shape index (κ1) is 12.3. The summed E-state index contributed by atoms with van der Waals surface area (Å²) in [5.41, 5.74) is 1.64. The molecule has 0 aliphatic carbocycles. The molecule has 17 heavy (non-hydrogen) atoms. The van der Waals surface area contributed by atoms with Crippen LogP contribution in [0.15, 0.2) is 23.6 Å². The lowest BCUT2D eigenvalue weighted by Gasteiger charge is -2.06. The summed E-state index contributed by atoms with van der Waals surface area (Å²) in [5.74, 6) is 0.806. The molecule has 0 bridgehead atoms. The van der Waals surface area contributed by atoms with Crippen LogP contribution in [0.2, 0.25) is 0 Å². The summed E-state index contributed by atoms with van der Waals surface area (Å²) in [4.78, 5) is 4.34. The van der Waals surface area contributed by atoms with Crippen LogP contribution in [-0.4, -0.2) is 12.1 Å². The lowest BCUT2D eigenvalue weighted by molar-refractivity contribution is 0.409. The Morgan fingerprint density at radius 3 is 2.94 bits per heavy atom. The summed E-state index contributed by atoms with van der Waals surface area (Å²) in [6.07, 6.45) is 0.558. The highest BCUT2D eigenvalue weighted by molar-refractivity contribution is 7.09. The lowest BCUT2D eigenvalue weighted by Crippen LogP contribution is -1.95. The van der Waals surface area contributed by atoms with Crippen molar-refractivity contribution in [3.05, 3.63) is 45.7 Å². The smallest absolute Gasteiger partial charge is 0.123 e. The Balaban J connectivity index is 2.25.